The molecular formula is C30H37N5O2. The van der Waals surface area contributed by atoms with Crippen LogP contribution in [0.1, 0.15) is 64.1 Å². The zero-order valence-electron chi connectivity index (χ0n) is 21.7. The van der Waals surface area contributed by atoms with Gasteiger partial charge in [0.25, 0.3) is 5.91 Å². The van der Waals surface area contributed by atoms with Crippen molar-refractivity contribution in [3.05, 3.63) is 77.0 Å². The number of ketones is 1. The second-order valence-electron chi connectivity index (χ2n) is 10.4. The van der Waals surface area contributed by atoms with E-state index < -0.39 is 0 Å². The number of nitrogens with two attached hydrogens (primary N) is 1. The molecule has 1 aliphatic carbocycles. The van der Waals surface area contributed by atoms with Crippen molar-refractivity contribution in [1.82, 2.24) is 14.7 Å². The van der Waals surface area contributed by atoms with Crippen LogP contribution in [0.3, 0.4) is 0 Å². The molecule has 194 valence electrons. The Balaban J connectivity index is 1.24. The molecule has 0 radical (unpaired) electrons. The molecule has 2 heterocycles. The number of hydrogen-bond acceptors (Lipinski definition) is 5. The van der Waals surface area contributed by atoms with Crippen LogP contribution in [0, 0.1) is 5.92 Å². The maximum atomic E-state index is 13.7. The molecule has 5 rings (SSSR count). The first-order valence-electron chi connectivity index (χ1n) is 13.5. The lowest BCUT2D eigenvalue weighted by Crippen LogP contribution is -2.39. The molecule has 1 fully saturated rings. The molecule has 3 aromatic rings. The molecule has 7 heteroatoms. The van der Waals surface area contributed by atoms with Gasteiger partial charge in [-0.2, -0.15) is 5.10 Å². The van der Waals surface area contributed by atoms with Gasteiger partial charge in [0.05, 0.1) is 5.69 Å². The number of hydrogen-bond donors (Lipinski definition) is 1. The van der Waals surface area contributed by atoms with Crippen LogP contribution in [0.25, 0.3) is 0 Å². The Bertz CT molecular complexity index is 1230. The first-order chi connectivity index (χ1) is 18.0. The number of nitrogens with zero attached hydrogens (tertiary/aromatic N) is 4. The number of carbonyl (C=O) groups excluding carboxylic acids is 2. The predicted molar refractivity (Wildman–Crippen MR) is 147 cm³/mol. The number of aromatic nitrogens is 2. The molecule has 0 unspecified atom stereocenters. The van der Waals surface area contributed by atoms with Crippen LogP contribution in [0.4, 0.5) is 11.5 Å². The zero-order chi connectivity index (χ0) is 25.8. The quantitative estimate of drug-likeness (QED) is 0.364. The van der Waals surface area contributed by atoms with Crippen LogP contribution < -0.4 is 10.6 Å². The fourth-order valence-electron chi connectivity index (χ4n) is 5.80. The van der Waals surface area contributed by atoms with Crippen molar-refractivity contribution in [2.75, 3.05) is 36.8 Å². The number of anilines is 2. The summed E-state index contributed by atoms with van der Waals surface area (Å²) in [7, 11) is 1.95. The lowest BCUT2D eigenvalue weighted by atomic mass is 9.89. The zero-order valence-corrected chi connectivity index (χ0v) is 21.7. The highest BCUT2D eigenvalue weighted by atomic mass is 16.2. The number of aryl methyl sites for hydroxylation is 2. The summed E-state index contributed by atoms with van der Waals surface area (Å²) in [4.78, 5) is 30.9. The minimum absolute atomic E-state index is 0.0106. The third-order valence-electron chi connectivity index (χ3n) is 7.82. The molecule has 1 aliphatic heterocycles. The number of carbonyl (C=O) groups is 2. The molecule has 0 spiro atoms. The van der Waals surface area contributed by atoms with Gasteiger partial charge in [-0.25, -0.2) is 0 Å². The molecule has 1 amide bonds. The standard InChI is InChI=1S/C30H37N5O2/c1-33-29(26-10-5-6-11-27(26)32-33)35(30(37)24-12-14-25(31)15-13-24)19-7-18-34-20-16-23(17-21-34)28(36)22-8-3-2-4-9-22/h2-4,8-9,12-15,23H,5-7,10-11,16-21,31H2,1H3. The highest BCUT2D eigenvalue weighted by Gasteiger charge is 2.29. The van der Waals surface area contributed by atoms with Gasteiger partial charge >= 0.3 is 0 Å². The summed E-state index contributed by atoms with van der Waals surface area (Å²) in [5.41, 5.74) is 10.3. The third kappa shape index (κ3) is 5.62. The Hall–Kier alpha value is -3.45. The molecule has 1 saturated heterocycles. The smallest absolute Gasteiger partial charge is 0.259 e. The van der Waals surface area contributed by atoms with E-state index in [1.54, 1.807) is 12.1 Å². The van der Waals surface area contributed by atoms with Crippen LogP contribution >= 0.6 is 0 Å². The number of fused-ring (bicyclic) bond motifs is 1. The number of amides is 1. The number of benzene rings is 2. The van der Waals surface area contributed by atoms with E-state index in [-0.39, 0.29) is 17.6 Å². The van der Waals surface area contributed by atoms with E-state index in [0.717, 1.165) is 81.7 Å². The highest BCUT2D eigenvalue weighted by Crippen LogP contribution is 2.31. The van der Waals surface area contributed by atoms with Gasteiger partial charge in [0.15, 0.2) is 5.78 Å². The molecule has 7 nitrogen and oxygen atoms in total. The van der Waals surface area contributed by atoms with Crippen molar-refractivity contribution in [3.63, 3.8) is 0 Å². The third-order valence-corrected chi connectivity index (χ3v) is 7.82. The second kappa shape index (κ2) is 11.3. The van der Waals surface area contributed by atoms with Crippen molar-refractivity contribution in [2.24, 2.45) is 13.0 Å². The Morgan fingerprint density at radius 3 is 2.41 bits per heavy atom. The Labute approximate surface area is 219 Å². The lowest BCUT2D eigenvalue weighted by Gasteiger charge is -2.32. The van der Waals surface area contributed by atoms with Crippen molar-refractivity contribution in [2.45, 2.75) is 44.9 Å². The van der Waals surface area contributed by atoms with Crippen molar-refractivity contribution in [1.29, 1.82) is 0 Å². The summed E-state index contributed by atoms with van der Waals surface area (Å²) in [6.45, 7) is 3.35. The summed E-state index contributed by atoms with van der Waals surface area (Å²) < 4.78 is 1.89. The van der Waals surface area contributed by atoms with E-state index in [2.05, 4.69) is 4.90 Å². The SMILES string of the molecule is Cn1nc2c(c1N(CCCN1CCC(C(=O)c3ccccc3)CC1)C(=O)c1ccc(N)cc1)CCCC2. The minimum Gasteiger partial charge on any atom is -0.399 e. The van der Waals surface area contributed by atoms with Gasteiger partial charge in [-0.1, -0.05) is 30.3 Å². The second-order valence-corrected chi connectivity index (χ2v) is 10.4. The summed E-state index contributed by atoms with van der Waals surface area (Å²) in [5.74, 6) is 1.29. The summed E-state index contributed by atoms with van der Waals surface area (Å²) in [5, 5.41) is 4.77. The number of nitrogen functional groups attached to an aromatic ring is 1. The molecule has 0 bridgehead atoms. The maximum Gasteiger partial charge on any atom is 0.259 e. The topological polar surface area (TPSA) is 84.5 Å². The largest absolute Gasteiger partial charge is 0.399 e. The lowest BCUT2D eigenvalue weighted by molar-refractivity contribution is 0.0837. The monoisotopic (exact) mass is 499 g/mol. The molecule has 0 atom stereocenters. The van der Waals surface area contributed by atoms with E-state index in [9.17, 15) is 9.59 Å². The highest BCUT2D eigenvalue weighted by molar-refractivity contribution is 6.06. The van der Waals surface area contributed by atoms with Gasteiger partial charge in [0, 0.05) is 41.9 Å². The van der Waals surface area contributed by atoms with Crippen LogP contribution in [-0.4, -0.2) is 52.5 Å². The molecule has 0 saturated carbocycles. The van der Waals surface area contributed by atoms with E-state index in [1.165, 1.54) is 5.56 Å². The van der Waals surface area contributed by atoms with Crippen molar-refractivity contribution >= 4 is 23.2 Å². The average molecular weight is 500 g/mol. The van der Waals surface area contributed by atoms with E-state index >= 15 is 0 Å². The van der Waals surface area contributed by atoms with E-state index in [4.69, 9.17) is 10.8 Å². The van der Waals surface area contributed by atoms with E-state index in [0.29, 0.717) is 17.8 Å². The van der Waals surface area contributed by atoms with Gasteiger partial charge in [0.2, 0.25) is 0 Å². The number of Topliss-reactive ketones (excluding diaryl/α,β-unsaturated/α-hetero) is 1. The van der Waals surface area contributed by atoms with Crippen LogP contribution in [0.15, 0.2) is 54.6 Å². The molecular weight excluding hydrogens is 462 g/mol. The van der Waals surface area contributed by atoms with Gasteiger partial charge in [-0.05, 0) is 88.8 Å². The normalized spacial score (nSPS) is 16.4. The Morgan fingerprint density at radius 1 is 0.973 bits per heavy atom. The molecule has 2 N–H and O–H groups in total. The molecule has 2 aromatic carbocycles. The van der Waals surface area contributed by atoms with Gasteiger partial charge in [-0.15, -0.1) is 0 Å². The first-order valence-corrected chi connectivity index (χ1v) is 13.5. The number of rotatable bonds is 8. The maximum absolute atomic E-state index is 13.7. The van der Waals surface area contributed by atoms with Gasteiger partial charge < -0.3 is 10.6 Å². The van der Waals surface area contributed by atoms with Crippen molar-refractivity contribution < 1.29 is 9.59 Å². The number of likely N-dealkylation sites (tertiary alicyclic amines) is 1. The fourth-order valence-corrected chi connectivity index (χ4v) is 5.80. The Morgan fingerprint density at radius 2 is 1.68 bits per heavy atom. The van der Waals surface area contributed by atoms with Gasteiger partial charge in [-0.3, -0.25) is 19.2 Å². The fraction of sp³-hybridized carbons (Fsp3) is 0.433. The van der Waals surface area contributed by atoms with Crippen LogP contribution in [-0.2, 0) is 19.9 Å². The number of piperidine rings is 1. The minimum atomic E-state index is -0.0106. The molecule has 37 heavy (non-hydrogen) atoms. The average Bonchev–Trinajstić information content (AvgIpc) is 3.27. The molecule has 2 aliphatic rings. The summed E-state index contributed by atoms with van der Waals surface area (Å²) in [6, 6.07) is 16.8. The summed E-state index contributed by atoms with van der Waals surface area (Å²) in [6.07, 6.45) is 6.85. The van der Waals surface area contributed by atoms with Crippen LogP contribution in [0.5, 0.6) is 0 Å². The predicted octanol–water partition coefficient (Wildman–Crippen LogP) is 4.51. The van der Waals surface area contributed by atoms with E-state index in [1.807, 2.05) is 59.1 Å². The molecule has 1 aromatic heterocycles. The van der Waals surface area contributed by atoms with Crippen LogP contribution in [0.2, 0.25) is 0 Å². The first kappa shape index (κ1) is 25.2. The van der Waals surface area contributed by atoms with Gasteiger partial charge in [0.1, 0.15) is 5.82 Å². The summed E-state index contributed by atoms with van der Waals surface area (Å²) >= 11 is 0. The van der Waals surface area contributed by atoms with Crippen molar-refractivity contribution in [3.8, 4) is 0 Å². The Kier molecular flexibility index (Phi) is 7.70.